The highest BCUT2D eigenvalue weighted by molar-refractivity contribution is 7.98. The summed E-state index contributed by atoms with van der Waals surface area (Å²) in [5.41, 5.74) is 5.05. The summed E-state index contributed by atoms with van der Waals surface area (Å²) in [7, 11) is 0. The third-order valence-electron chi connectivity index (χ3n) is 5.07. The van der Waals surface area contributed by atoms with E-state index in [0.29, 0.717) is 22.5 Å². The molecule has 0 atom stereocenters. The molecule has 0 aliphatic carbocycles. The number of aromatic nitrogens is 1. The maximum atomic E-state index is 12.7. The Morgan fingerprint density at radius 3 is 2.32 bits per heavy atom. The number of nitrogens with one attached hydrogen (secondary N) is 1. The zero-order valence-electron chi connectivity index (χ0n) is 16.0. The van der Waals surface area contributed by atoms with Crippen LogP contribution in [0.25, 0.3) is 11.3 Å². The lowest BCUT2D eigenvalue weighted by Gasteiger charge is -2.04. The molecule has 28 heavy (non-hydrogen) atoms. The molecule has 0 fully saturated rings. The smallest absolute Gasteiger partial charge is 0.280 e. The number of H-pyrrole nitrogens is 1. The molecule has 0 spiro atoms. The fraction of sp³-hybridized carbons (Fsp3) is 0.217. The topological polar surface area (TPSA) is 65.5 Å². The second-order valence-electron chi connectivity index (χ2n) is 6.89. The SMILES string of the molecule is CCCCc1ccc(C2=NC(=O)c3c(-c4ccc(SC)cc4)[nH]c(O)c32)cc1. The van der Waals surface area contributed by atoms with E-state index in [1.807, 2.05) is 42.7 Å². The van der Waals surface area contributed by atoms with Gasteiger partial charge in [0.2, 0.25) is 0 Å². The minimum atomic E-state index is -0.319. The molecule has 2 N–H and O–H groups in total. The van der Waals surface area contributed by atoms with Crippen molar-refractivity contribution in [1.29, 1.82) is 0 Å². The Bertz CT molecular complexity index is 1050. The zero-order valence-corrected chi connectivity index (χ0v) is 16.8. The number of hydrogen-bond acceptors (Lipinski definition) is 3. The van der Waals surface area contributed by atoms with Crippen LogP contribution in [0.3, 0.4) is 0 Å². The molecule has 142 valence electrons. The molecule has 4 nitrogen and oxygen atoms in total. The minimum Gasteiger partial charge on any atom is -0.494 e. The summed E-state index contributed by atoms with van der Waals surface area (Å²) < 4.78 is 0. The second kappa shape index (κ2) is 7.68. The number of rotatable bonds is 6. The summed E-state index contributed by atoms with van der Waals surface area (Å²) in [5.74, 6) is -0.334. The summed E-state index contributed by atoms with van der Waals surface area (Å²) in [6.45, 7) is 2.18. The van der Waals surface area contributed by atoms with E-state index < -0.39 is 0 Å². The molecule has 1 aromatic heterocycles. The number of thioether (sulfide) groups is 1. The van der Waals surface area contributed by atoms with Gasteiger partial charge in [-0.05, 0) is 42.4 Å². The van der Waals surface area contributed by atoms with Crippen molar-refractivity contribution in [2.24, 2.45) is 4.99 Å². The van der Waals surface area contributed by atoms with Crippen LogP contribution >= 0.6 is 11.8 Å². The molecule has 0 saturated carbocycles. The number of unbranched alkanes of at least 4 members (excludes halogenated alkanes) is 1. The fourth-order valence-corrected chi connectivity index (χ4v) is 3.95. The molecule has 1 aliphatic heterocycles. The average Bonchev–Trinajstić information content (AvgIpc) is 3.25. The van der Waals surface area contributed by atoms with Crippen LogP contribution in [0.4, 0.5) is 0 Å². The third kappa shape index (κ3) is 3.27. The Kier molecular flexibility index (Phi) is 5.09. The van der Waals surface area contributed by atoms with Crippen LogP contribution in [0.15, 0.2) is 58.4 Å². The monoisotopic (exact) mass is 390 g/mol. The first kappa shape index (κ1) is 18.6. The second-order valence-corrected chi connectivity index (χ2v) is 7.77. The standard InChI is InChI=1S/C23H22N2O2S/c1-3-4-5-14-6-8-15(9-7-14)20-18-19(23(27)24-20)21(25-22(18)26)16-10-12-17(28-2)13-11-16/h6-13,25-26H,3-5H2,1-2H3. The van der Waals surface area contributed by atoms with Gasteiger partial charge in [-0.25, -0.2) is 4.99 Å². The third-order valence-corrected chi connectivity index (χ3v) is 5.81. The Morgan fingerprint density at radius 1 is 1.00 bits per heavy atom. The van der Waals surface area contributed by atoms with Gasteiger partial charge in [0.05, 0.1) is 22.5 Å². The molecule has 2 aromatic carbocycles. The quantitative estimate of drug-likeness (QED) is 0.551. The Balaban J connectivity index is 1.71. The number of benzene rings is 2. The van der Waals surface area contributed by atoms with Crippen molar-refractivity contribution in [3.63, 3.8) is 0 Å². The Labute approximate surface area is 168 Å². The number of amides is 1. The number of aryl methyl sites for hydroxylation is 1. The molecule has 1 amide bonds. The number of carbonyl (C=O) groups excluding carboxylic acids is 1. The van der Waals surface area contributed by atoms with Crippen LogP contribution in [-0.4, -0.2) is 28.0 Å². The van der Waals surface area contributed by atoms with Gasteiger partial charge in [0, 0.05) is 10.5 Å². The zero-order chi connectivity index (χ0) is 19.7. The van der Waals surface area contributed by atoms with Crippen molar-refractivity contribution in [1.82, 2.24) is 4.98 Å². The first-order chi connectivity index (χ1) is 13.6. The molecule has 0 saturated heterocycles. The van der Waals surface area contributed by atoms with E-state index in [1.165, 1.54) is 5.56 Å². The van der Waals surface area contributed by atoms with Gasteiger partial charge in [0.15, 0.2) is 5.88 Å². The summed E-state index contributed by atoms with van der Waals surface area (Å²) in [6, 6.07) is 16.0. The molecule has 5 heteroatoms. The van der Waals surface area contributed by atoms with E-state index in [4.69, 9.17) is 0 Å². The van der Waals surface area contributed by atoms with Gasteiger partial charge in [0.25, 0.3) is 5.91 Å². The molecule has 3 aromatic rings. The van der Waals surface area contributed by atoms with E-state index in [1.54, 1.807) is 11.8 Å². The van der Waals surface area contributed by atoms with Crippen LogP contribution in [0.5, 0.6) is 5.88 Å². The number of aromatic amines is 1. The van der Waals surface area contributed by atoms with Gasteiger partial charge in [-0.15, -0.1) is 11.8 Å². The van der Waals surface area contributed by atoms with Crippen molar-refractivity contribution >= 4 is 23.4 Å². The summed E-state index contributed by atoms with van der Waals surface area (Å²) in [4.78, 5) is 21.0. The van der Waals surface area contributed by atoms with Gasteiger partial charge in [-0.2, -0.15) is 0 Å². The van der Waals surface area contributed by atoms with Crippen molar-refractivity contribution in [2.45, 2.75) is 31.1 Å². The maximum Gasteiger partial charge on any atom is 0.280 e. The molecule has 0 radical (unpaired) electrons. The van der Waals surface area contributed by atoms with Crippen LogP contribution in [0.1, 0.15) is 46.8 Å². The highest BCUT2D eigenvalue weighted by Crippen LogP contribution is 2.38. The molecule has 0 bridgehead atoms. The van der Waals surface area contributed by atoms with Gasteiger partial charge in [-0.3, -0.25) is 4.79 Å². The van der Waals surface area contributed by atoms with Crippen molar-refractivity contribution in [3.05, 3.63) is 70.8 Å². The summed E-state index contributed by atoms with van der Waals surface area (Å²) in [6.07, 6.45) is 5.37. The van der Waals surface area contributed by atoms with Crippen LogP contribution in [-0.2, 0) is 6.42 Å². The van der Waals surface area contributed by atoms with Gasteiger partial charge >= 0.3 is 0 Å². The minimum absolute atomic E-state index is 0.0152. The molecular formula is C23H22N2O2S. The summed E-state index contributed by atoms with van der Waals surface area (Å²) >= 11 is 1.66. The van der Waals surface area contributed by atoms with Gasteiger partial charge in [-0.1, -0.05) is 49.7 Å². The fourth-order valence-electron chi connectivity index (χ4n) is 3.54. The largest absolute Gasteiger partial charge is 0.494 e. The lowest BCUT2D eigenvalue weighted by Crippen LogP contribution is -2.00. The number of nitrogens with zero attached hydrogens (tertiary/aromatic N) is 1. The number of fused-ring (bicyclic) bond motifs is 1. The highest BCUT2D eigenvalue weighted by Gasteiger charge is 2.33. The molecular weight excluding hydrogens is 368 g/mol. The number of hydrogen-bond donors (Lipinski definition) is 2. The van der Waals surface area contributed by atoms with Crippen molar-refractivity contribution < 1.29 is 9.90 Å². The van der Waals surface area contributed by atoms with Gasteiger partial charge in [0.1, 0.15) is 0 Å². The lowest BCUT2D eigenvalue weighted by molar-refractivity contribution is 0.101. The van der Waals surface area contributed by atoms with Crippen LogP contribution < -0.4 is 0 Å². The summed E-state index contributed by atoms with van der Waals surface area (Å²) in [5, 5.41) is 10.5. The molecule has 1 aliphatic rings. The first-order valence-corrected chi connectivity index (χ1v) is 10.7. The van der Waals surface area contributed by atoms with Crippen molar-refractivity contribution in [2.75, 3.05) is 6.26 Å². The van der Waals surface area contributed by atoms with Gasteiger partial charge < -0.3 is 10.1 Å². The number of aliphatic imine (C=N–C) groups is 1. The van der Waals surface area contributed by atoms with Crippen LogP contribution in [0, 0.1) is 0 Å². The van der Waals surface area contributed by atoms with Crippen LogP contribution in [0.2, 0.25) is 0 Å². The molecule has 2 heterocycles. The van der Waals surface area contributed by atoms with Crippen molar-refractivity contribution in [3.8, 4) is 17.1 Å². The van der Waals surface area contributed by atoms with E-state index in [9.17, 15) is 9.90 Å². The van der Waals surface area contributed by atoms with E-state index in [0.717, 1.165) is 35.3 Å². The Hall–Kier alpha value is -2.79. The maximum absolute atomic E-state index is 12.7. The number of carbonyl (C=O) groups is 1. The highest BCUT2D eigenvalue weighted by atomic mass is 32.2. The molecule has 4 rings (SSSR count). The average molecular weight is 391 g/mol. The first-order valence-electron chi connectivity index (χ1n) is 9.44. The predicted octanol–water partition coefficient (Wildman–Crippen LogP) is 5.44. The molecule has 0 unspecified atom stereocenters. The number of aromatic hydroxyl groups is 1. The predicted molar refractivity (Wildman–Crippen MR) is 115 cm³/mol. The normalized spacial score (nSPS) is 12.9. The lowest BCUT2D eigenvalue weighted by atomic mass is 9.98. The van der Waals surface area contributed by atoms with E-state index >= 15 is 0 Å². The Morgan fingerprint density at radius 2 is 1.68 bits per heavy atom. The van der Waals surface area contributed by atoms with E-state index in [2.05, 4.69) is 29.0 Å². The van der Waals surface area contributed by atoms with E-state index in [-0.39, 0.29) is 11.8 Å².